The van der Waals surface area contributed by atoms with E-state index in [2.05, 4.69) is 15.2 Å². The van der Waals surface area contributed by atoms with Gasteiger partial charge in [0.2, 0.25) is 17.6 Å². The predicted molar refractivity (Wildman–Crippen MR) is 93.0 cm³/mol. The van der Waals surface area contributed by atoms with Crippen molar-refractivity contribution in [1.29, 1.82) is 0 Å². The average molecular weight is 339 g/mol. The molecule has 4 rings (SSSR count). The molecule has 0 atom stereocenters. The Labute approximate surface area is 145 Å². The third-order valence-corrected chi connectivity index (χ3v) is 5.03. The molecule has 7 heteroatoms. The maximum atomic E-state index is 11.4. The molecule has 3 aromatic rings. The molecule has 0 unspecified atom stereocenters. The van der Waals surface area contributed by atoms with Gasteiger partial charge >= 0.3 is 0 Å². The van der Waals surface area contributed by atoms with Crippen LogP contribution < -0.4 is 0 Å². The number of nitrogens with zero attached hydrogens (tertiary/aromatic N) is 5. The second-order valence-corrected chi connectivity index (χ2v) is 6.68. The number of carbonyl (C=O) groups is 1. The maximum Gasteiger partial charge on any atom is 0.230 e. The Morgan fingerprint density at radius 1 is 1.28 bits per heavy atom. The summed E-state index contributed by atoms with van der Waals surface area (Å²) in [7, 11) is 1.93. The van der Waals surface area contributed by atoms with Crippen molar-refractivity contribution in [3.63, 3.8) is 0 Å². The molecule has 0 radical (unpaired) electrons. The van der Waals surface area contributed by atoms with Gasteiger partial charge in [0.25, 0.3) is 0 Å². The largest absolute Gasteiger partial charge is 0.343 e. The molecule has 1 aliphatic rings. The number of aryl methyl sites for hydroxylation is 2. The van der Waals surface area contributed by atoms with Crippen molar-refractivity contribution in [2.24, 2.45) is 7.05 Å². The molecule has 0 aliphatic carbocycles. The first kappa shape index (κ1) is 15.8. The molecule has 0 N–H and O–H groups in total. The van der Waals surface area contributed by atoms with E-state index >= 15 is 0 Å². The summed E-state index contributed by atoms with van der Waals surface area (Å²) in [4.78, 5) is 17.9. The highest BCUT2D eigenvalue weighted by atomic mass is 16.5. The van der Waals surface area contributed by atoms with Gasteiger partial charge in [0.15, 0.2) is 0 Å². The fourth-order valence-electron chi connectivity index (χ4n) is 3.54. The lowest BCUT2D eigenvalue weighted by Crippen LogP contribution is -2.36. The smallest absolute Gasteiger partial charge is 0.230 e. The van der Waals surface area contributed by atoms with Crippen LogP contribution in [-0.4, -0.2) is 43.8 Å². The molecule has 7 nitrogen and oxygen atoms in total. The molecule has 2 aromatic heterocycles. The summed E-state index contributed by atoms with van der Waals surface area (Å²) in [6.07, 6.45) is 1.72. The molecular weight excluding hydrogens is 318 g/mol. The normalized spacial score (nSPS) is 15.9. The van der Waals surface area contributed by atoms with Gasteiger partial charge in [0.05, 0.1) is 11.2 Å². The predicted octanol–water partition coefficient (Wildman–Crippen LogP) is 2.66. The van der Waals surface area contributed by atoms with Crippen LogP contribution >= 0.6 is 0 Å². The van der Waals surface area contributed by atoms with Gasteiger partial charge in [0.1, 0.15) is 0 Å². The van der Waals surface area contributed by atoms with Gasteiger partial charge in [-0.3, -0.25) is 9.48 Å². The zero-order valence-electron chi connectivity index (χ0n) is 14.7. The third-order valence-electron chi connectivity index (χ3n) is 5.03. The van der Waals surface area contributed by atoms with E-state index < -0.39 is 0 Å². The lowest BCUT2D eigenvalue weighted by molar-refractivity contribution is -0.129. The molecule has 1 aromatic carbocycles. The summed E-state index contributed by atoms with van der Waals surface area (Å²) in [5, 5.41) is 9.74. The van der Waals surface area contributed by atoms with E-state index in [4.69, 9.17) is 4.52 Å². The lowest BCUT2D eigenvalue weighted by Gasteiger charge is -2.29. The Hall–Kier alpha value is -2.70. The van der Waals surface area contributed by atoms with Crippen LogP contribution in [0.15, 0.2) is 22.7 Å². The highest BCUT2D eigenvalue weighted by Gasteiger charge is 2.26. The van der Waals surface area contributed by atoms with Crippen LogP contribution in [-0.2, 0) is 11.8 Å². The molecule has 1 amide bonds. The van der Waals surface area contributed by atoms with Crippen LogP contribution in [0.5, 0.6) is 0 Å². The zero-order chi connectivity index (χ0) is 17.6. The number of hydrogen-bond donors (Lipinski definition) is 0. The van der Waals surface area contributed by atoms with Crippen LogP contribution in [0.1, 0.15) is 37.3 Å². The molecule has 3 heterocycles. The van der Waals surface area contributed by atoms with Crippen molar-refractivity contribution in [1.82, 2.24) is 24.8 Å². The summed E-state index contributed by atoms with van der Waals surface area (Å²) in [6.45, 7) is 5.11. The number of amides is 1. The van der Waals surface area contributed by atoms with Crippen LogP contribution in [0, 0.1) is 6.92 Å². The number of piperidine rings is 1. The molecule has 0 bridgehead atoms. The molecular formula is C18H21N5O2. The number of rotatable bonds is 2. The van der Waals surface area contributed by atoms with Gasteiger partial charge < -0.3 is 9.42 Å². The highest BCUT2D eigenvalue weighted by Crippen LogP contribution is 2.29. The quantitative estimate of drug-likeness (QED) is 0.717. The van der Waals surface area contributed by atoms with Gasteiger partial charge in [-0.25, -0.2) is 0 Å². The second-order valence-electron chi connectivity index (χ2n) is 6.68. The van der Waals surface area contributed by atoms with Crippen molar-refractivity contribution >= 4 is 16.8 Å². The first-order chi connectivity index (χ1) is 12.0. The van der Waals surface area contributed by atoms with Crippen LogP contribution in [0.25, 0.3) is 22.3 Å². The second kappa shape index (κ2) is 5.98. The first-order valence-corrected chi connectivity index (χ1v) is 8.56. The SMILES string of the molecule is CC(=O)N1CCC(c2nc(-c3ccc4c(C)nn(C)c4c3)no2)CC1. The zero-order valence-corrected chi connectivity index (χ0v) is 14.7. The van der Waals surface area contributed by atoms with Gasteiger partial charge in [-0.2, -0.15) is 10.1 Å². The van der Waals surface area contributed by atoms with Crippen molar-refractivity contribution in [2.75, 3.05) is 13.1 Å². The third kappa shape index (κ3) is 2.79. The Kier molecular flexibility index (Phi) is 3.78. The van der Waals surface area contributed by atoms with E-state index in [1.165, 1.54) is 0 Å². The van der Waals surface area contributed by atoms with Crippen LogP contribution in [0.4, 0.5) is 0 Å². The summed E-state index contributed by atoms with van der Waals surface area (Å²) < 4.78 is 7.38. The number of benzene rings is 1. The minimum absolute atomic E-state index is 0.129. The number of carbonyl (C=O) groups excluding carboxylic acids is 1. The molecule has 25 heavy (non-hydrogen) atoms. The fraction of sp³-hybridized carbons (Fsp3) is 0.444. The van der Waals surface area contributed by atoms with Crippen LogP contribution in [0.2, 0.25) is 0 Å². The van der Waals surface area contributed by atoms with E-state index in [1.54, 1.807) is 6.92 Å². The minimum atomic E-state index is 0.129. The molecule has 1 fully saturated rings. The van der Waals surface area contributed by atoms with Crippen molar-refractivity contribution in [3.05, 3.63) is 29.8 Å². The maximum absolute atomic E-state index is 11.4. The Morgan fingerprint density at radius 3 is 2.76 bits per heavy atom. The van der Waals surface area contributed by atoms with Gasteiger partial charge in [-0.1, -0.05) is 17.3 Å². The van der Waals surface area contributed by atoms with E-state index in [-0.39, 0.29) is 11.8 Å². The highest BCUT2D eigenvalue weighted by molar-refractivity contribution is 5.85. The topological polar surface area (TPSA) is 77.1 Å². The average Bonchev–Trinajstić information content (AvgIpc) is 3.20. The summed E-state index contributed by atoms with van der Waals surface area (Å²) in [5.74, 6) is 1.62. The van der Waals surface area contributed by atoms with E-state index in [0.29, 0.717) is 11.7 Å². The van der Waals surface area contributed by atoms with Gasteiger partial charge in [-0.05, 0) is 25.8 Å². The Balaban J connectivity index is 1.57. The van der Waals surface area contributed by atoms with Crippen molar-refractivity contribution in [2.45, 2.75) is 32.6 Å². The van der Waals surface area contributed by atoms with E-state index in [1.807, 2.05) is 41.8 Å². The van der Waals surface area contributed by atoms with E-state index in [9.17, 15) is 4.79 Å². The minimum Gasteiger partial charge on any atom is -0.343 e. The van der Waals surface area contributed by atoms with Gasteiger partial charge in [-0.15, -0.1) is 0 Å². The van der Waals surface area contributed by atoms with Crippen LogP contribution in [0.3, 0.4) is 0 Å². The first-order valence-electron chi connectivity index (χ1n) is 8.56. The Bertz CT molecular complexity index is 934. The number of fused-ring (bicyclic) bond motifs is 1. The molecule has 1 aliphatic heterocycles. The van der Waals surface area contributed by atoms with Crippen molar-refractivity contribution in [3.8, 4) is 11.4 Å². The molecule has 130 valence electrons. The monoisotopic (exact) mass is 339 g/mol. The summed E-state index contributed by atoms with van der Waals surface area (Å²) in [6, 6.07) is 6.10. The molecule has 1 saturated heterocycles. The molecule has 0 spiro atoms. The standard InChI is InChI=1S/C18H21N5O2/c1-11-15-5-4-14(10-16(15)22(3)20-11)17-19-18(25-21-17)13-6-8-23(9-7-13)12(2)24/h4-5,10,13H,6-9H2,1-3H3. The summed E-state index contributed by atoms with van der Waals surface area (Å²) in [5.41, 5.74) is 2.98. The molecule has 0 saturated carbocycles. The fourth-order valence-corrected chi connectivity index (χ4v) is 3.54. The lowest BCUT2D eigenvalue weighted by atomic mass is 9.97. The number of aromatic nitrogens is 4. The van der Waals surface area contributed by atoms with Gasteiger partial charge in [0, 0.05) is 43.9 Å². The number of hydrogen-bond acceptors (Lipinski definition) is 5. The van der Waals surface area contributed by atoms with E-state index in [0.717, 1.165) is 48.1 Å². The number of likely N-dealkylation sites (tertiary alicyclic amines) is 1. The Morgan fingerprint density at radius 2 is 2.04 bits per heavy atom. The summed E-state index contributed by atoms with van der Waals surface area (Å²) >= 11 is 0. The van der Waals surface area contributed by atoms with Crippen molar-refractivity contribution < 1.29 is 9.32 Å².